The van der Waals surface area contributed by atoms with Crippen molar-refractivity contribution in [3.05, 3.63) is 23.8 Å². The fourth-order valence-corrected chi connectivity index (χ4v) is 1.89. The van der Waals surface area contributed by atoms with Crippen molar-refractivity contribution in [3.63, 3.8) is 0 Å². The Balaban J connectivity index is 2.14. The van der Waals surface area contributed by atoms with Crippen LogP contribution >= 0.6 is 0 Å². The van der Waals surface area contributed by atoms with E-state index in [0.29, 0.717) is 24.2 Å². The van der Waals surface area contributed by atoms with Gasteiger partial charge < -0.3 is 16.4 Å². The standard InChI is InChI=1S/C12H15N3O2/c1-7(16)10-4-8(2-3-11(10)13)15-9-5-12(17)14-6-9/h2-4,9,15H,5-6,13H2,1H3,(H,14,17). The number of nitrogens with one attached hydrogen (secondary N) is 2. The highest BCUT2D eigenvalue weighted by Crippen LogP contribution is 2.20. The predicted octanol–water partition coefficient (Wildman–Crippen LogP) is 0.772. The second-order valence-electron chi connectivity index (χ2n) is 4.21. The minimum Gasteiger partial charge on any atom is -0.398 e. The number of rotatable bonds is 3. The second-order valence-corrected chi connectivity index (χ2v) is 4.21. The number of hydrogen-bond acceptors (Lipinski definition) is 4. The number of nitrogen functional groups attached to an aromatic ring is 1. The lowest BCUT2D eigenvalue weighted by molar-refractivity contribution is -0.119. The third kappa shape index (κ3) is 2.55. The molecule has 1 aliphatic rings. The maximum absolute atomic E-state index is 11.3. The van der Waals surface area contributed by atoms with E-state index in [0.717, 1.165) is 5.69 Å². The molecule has 1 saturated heterocycles. The molecule has 2 rings (SSSR count). The van der Waals surface area contributed by atoms with Crippen LogP contribution in [0.2, 0.25) is 0 Å². The largest absolute Gasteiger partial charge is 0.398 e. The first-order chi connectivity index (χ1) is 8.06. The summed E-state index contributed by atoms with van der Waals surface area (Å²) in [4.78, 5) is 22.4. The van der Waals surface area contributed by atoms with Crippen LogP contribution in [0.4, 0.5) is 11.4 Å². The highest BCUT2D eigenvalue weighted by molar-refractivity contribution is 6.00. The summed E-state index contributed by atoms with van der Waals surface area (Å²) in [6.07, 6.45) is 0.458. The average molecular weight is 233 g/mol. The Kier molecular flexibility index (Phi) is 2.99. The molecule has 1 aromatic carbocycles. The molecule has 0 bridgehead atoms. The van der Waals surface area contributed by atoms with Gasteiger partial charge in [0, 0.05) is 29.9 Å². The number of carbonyl (C=O) groups is 2. The molecule has 90 valence electrons. The molecule has 17 heavy (non-hydrogen) atoms. The molecule has 1 unspecified atom stereocenters. The first-order valence-electron chi connectivity index (χ1n) is 5.50. The Hall–Kier alpha value is -2.04. The molecule has 4 N–H and O–H groups in total. The molecule has 0 radical (unpaired) electrons. The van der Waals surface area contributed by atoms with E-state index in [1.807, 2.05) is 6.07 Å². The van der Waals surface area contributed by atoms with Gasteiger partial charge in [-0.25, -0.2) is 0 Å². The van der Waals surface area contributed by atoms with Crippen molar-refractivity contribution in [2.75, 3.05) is 17.6 Å². The van der Waals surface area contributed by atoms with Gasteiger partial charge in [-0.3, -0.25) is 9.59 Å². The van der Waals surface area contributed by atoms with E-state index in [1.54, 1.807) is 12.1 Å². The van der Waals surface area contributed by atoms with Crippen molar-refractivity contribution < 1.29 is 9.59 Å². The number of anilines is 2. The van der Waals surface area contributed by atoms with Gasteiger partial charge in [-0.1, -0.05) is 0 Å². The van der Waals surface area contributed by atoms with Crippen molar-refractivity contribution >= 4 is 23.1 Å². The molecule has 0 aliphatic carbocycles. The molecular weight excluding hydrogens is 218 g/mol. The summed E-state index contributed by atoms with van der Waals surface area (Å²) in [5.74, 6) is -0.0171. The third-order valence-corrected chi connectivity index (χ3v) is 2.78. The predicted molar refractivity (Wildman–Crippen MR) is 65.9 cm³/mol. The van der Waals surface area contributed by atoms with Gasteiger partial charge in [-0.15, -0.1) is 0 Å². The highest BCUT2D eigenvalue weighted by atomic mass is 16.2. The zero-order valence-electron chi connectivity index (χ0n) is 9.62. The molecular formula is C12H15N3O2. The van der Waals surface area contributed by atoms with E-state index >= 15 is 0 Å². The van der Waals surface area contributed by atoms with E-state index in [2.05, 4.69) is 10.6 Å². The fraction of sp³-hybridized carbons (Fsp3) is 0.333. The topological polar surface area (TPSA) is 84.2 Å². The Labute approximate surface area is 99.4 Å². The Morgan fingerprint density at radius 3 is 2.88 bits per heavy atom. The monoisotopic (exact) mass is 233 g/mol. The van der Waals surface area contributed by atoms with E-state index in [-0.39, 0.29) is 17.7 Å². The minimum atomic E-state index is -0.0632. The summed E-state index contributed by atoms with van der Waals surface area (Å²) in [5, 5.41) is 5.95. The highest BCUT2D eigenvalue weighted by Gasteiger charge is 2.21. The first kappa shape index (κ1) is 11.4. The number of amides is 1. The van der Waals surface area contributed by atoms with Crippen LogP contribution < -0.4 is 16.4 Å². The van der Waals surface area contributed by atoms with Crippen LogP contribution in [-0.4, -0.2) is 24.3 Å². The van der Waals surface area contributed by atoms with Crippen LogP contribution in [0.1, 0.15) is 23.7 Å². The maximum atomic E-state index is 11.3. The smallest absolute Gasteiger partial charge is 0.222 e. The van der Waals surface area contributed by atoms with E-state index in [4.69, 9.17) is 5.73 Å². The van der Waals surface area contributed by atoms with Gasteiger partial charge in [-0.05, 0) is 25.1 Å². The number of Topliss-reactive ketones (excluding diaryl/α,β-unsaturated/α-hetero) is 1. The van der Waals surface area contributed by atoms with Gasteiger partial charge >= 0.3 is 0 Å². The quantitative estimate of drug-likeness (QED) is 0.532. The molecule has 1 aliphatic heterocycles. The lowest BCUT2D eigenvalue weighted by atomic mass is 10.1. The van der Waals surface area contributed by atoms with Crippen molar-refractivity contribution in [1.82, 2.24) is 5.32 Å². The van der Waals surface area contributed by atoms with Crippen LogP contribution in [0.15, 0.2) is 18.2 Å². The Morgan fingerprint density at radius 2 is 2.29 bits per heavy atom. The molecule has 1 atom stereocenters. The summed E-state index contributed by atoms with van der Waals surface area (Å²) in [6.45, 7) is 2.09. The lowest BCUT2D eigenvalue weighted by Gasteiger charge is -2.13. The normalized spacial score (nSPS) is 18.9. The summed E-state index contributed by atoms with van der Waals surface area (Å²) in [6, 6.07) is 5.31. The molecule has 5 heteroatoms. The van der Waals surface area contributed by atoms with Crippen molar-refractivity contribution in [1.29, 1.82) is 0 Å². The zero-order valence-corrected chi connectivity index (χ0v) is 9.62. The van der Waals surface area contributed by atoms with E-state index < -0.39 is 0 Å². The van der Waals surface area contributed by atoms with Crippen LogP contribution in [0.25, 0.3) is 0 Å². The molecule has 1 amide bonds. The minimum absolute atomic E-state index is 0.0461. The molecule has 0 spiro atoms. The number of nitrogens with two attached hydrogens (primary N) is 1. The van der Waals surface area contributed by atoms with Gasteiger partial charge in [0.25, 0.3) is 0 Å². The van der Waals surface area contributed by atoms with Gasteiger partial charge in [0.1, 0.15) is 0 Å². The Bertz CT molecular complexity index is 471. The van der Waals surface area contributed by atoms with Gasteiger partial charge in [0.05, 0.1) is 6.04 Å². The van der Waals surface area contributed by atoms with Crippen LogP contribution in [0.5, 0.6) is 0 Å². The SMILES string of the molecule is CC(=O)c1cc(NC2CNC(=O)C2)ccc1N. The molecule has 5 nitrogen and oxygen atoms in total. The molecule has 0 aromatic heterocycles. The molecule has 0 saturated carbocycles. The summed E-state index contributed by atoms with van der Waals surface area (Å²) < 4.78 is 0. The van der Waals surface area contributed by atoms with Crippen LogP contribution in [0.3, 0.4) is 0 Å². The molecule has 1 heterocycles. The summed E-state index contributed by atoms with van der Waals surface area (Å²) in [7, 11) is 0. The zero-order chi connectivity index (χ0) is 12.4. The van der Waals surface area contributed by atoms with Gasteiger partial charge in [0.15, 0.2) is 5.78 Å². The number of hydrogen-bond donors (Lipinski definition) is 3. The van der Waals surface area contributed by atoms with Crippen molar-refractivity contribution in [2.45, 2.75) is 19.4 Å². The average Bonchev–Trinajstić information content (AvgIpc) is 2.66. The molecule has 1 aromatic rings. The van der Waals surface area contributed by atoms with E-state index in [9.17, 15) is 9.59 Å². The van der Waals surface area contributed by atoms with Gasteiger partial charge in [-0.2, -0.15) is 0 Å². The number of benzene rings is 1. The molecule has 1 fully saturated rings. The maximum Gasteiger partial charge on any atom is 0.222 e. The van der Waals surface area contributed by atoms with Crippen LogP contribution in [0, 0.1) is 0 Å². The van der Waals surface area contributed by atoms with Gasteiger partial charge in [0.2, 0.25) is 5.91 Å². The summed E-state index contributed by atoms with van der Waals surface area (Å²) in [5.41, 5.74) is 7.50. The fourth-order valence-electron chi connectivity index (χ4n) is 1.89. The van der Waals surface area contributed by atoms with Crippen molar-refractivity contribution in [3.8, 4) is 0 Å². The van der Waals surface area contributed by atoms with Crippen LogP contribution in [-0.2, 0) is 4.79 Å². The first-order valence-corrected chi connectivity index (χ1v) is 5.50. The summed E-state index contributed by atoms with van der Waals surface area (Å²) >= 11 is 0. The lowest BCUT2D eigenvalue weighted by Crippen LogP contribution is -2.22. The number of carbonyl (C=O) groups excluding carboxylic acids is 2. The Morgan fingerprint density at radius 1 is 1.53 bits per heavy atom. The van der Waals surface area contributed by atoms with Crippen molar-refractivity contribution in [2.24, 2.45) is 0 Å². The number of ketones is 1. The third-order valence-electron chi connectivity index (χ3n) is 2.78. The van der Waals surface area contributed by atoms with E-state index in [1.165, 1.54) is 6.92 Å². The second kappa shape index (κ2) is 4.45.